The number of nitrogens with one attached hydrogen (secondary N) is 2. The summed E-state index contributed by atoms with van der Waals surface area (Å²) in [5.74, 6) is 1.34. The molecule has 5 nitrogen and oxygen atoms in total. The molecule has 2 heterocycles. The average Bonchev–Trinajstić information content (AvgIpc) is 3.28. The molecule has 2 aromatic carbocycles. The van der Waals surface area contributed by atoms with Gasteiger partial charge in [0, 0.05) is 42.6 Å². The van der Waals surface area contributed by atoms with Gasteiger partial charge in [0.15, 0.2) is 0 Å². The predicted molar refractivity (Wildman–Crippen MR) is 117 cm³/mol. The molecule has 142 valence electrons. The quantitative estimate of drug-likeness (QED) is 0.567. The maximum absolute atomic E-state index is 4.63. The normalized spacial score (nSPS) is 13.4. The van der Waals surface area contributed by atoms with Crippen LogP contribution in [0.4, 0.5) is 23.1 Å². The fourth-order valence-corrected chi connectivity index (χ4v) is 3.39. The lowest BCUT2D eigenvalue weighted by Crippen LogP contribution is -2.17. The Kier molecular flexibility index (Phi) is 5.52. The summed E-state index contributed by atoms with van der Waals surface area (Å²) in [6.07, 6.45) is 4.36. The molecule has 1 aliphatic heterocycles. The fourth-order valence-electron chi connectivity index (χ4n) is 3.39. The zero-order valence-electron chi connectivity index (χ0n) is 15.9. The molecule has 1 aliphatic rings. The van der Waals surface area contributed by atoms with Crippen molar-refractivity contribution < 1.29 is 0 Å². The first-order chi connectivity index (χ1) is 13.8. The Morgan fingerprint density at radius 3 is 2.43 bits per heavy atom. The molecule has 0 bridgehead atoms. The van der Waals surface area contributed by atoms with Crippen molar-refractivity contribution in [2.24, 2.45) is 0 Å². The molecule has 2 N–H and O–H groups in total. The highest BCUT2D eigenvalue weighted by Gasteiger charge is 2.12. The van der Waals surface area contributed by atoms with Crippen molar-refractivity contribution in [2.45, 2.75) is 12.8 Å². The number of anilines is 4. The molecule has 28 heavy (non-hydrogen) atoms. The fraction of sp³-hybridized carbons (Fsp3) is 0.217. The van der Waals surface area contributed by atoms with Gasteiger partial charge >= 0.3 is 0 Å². The van der Waals surface area contributed by atoms with Crippen molar-refractivity contribution in [3.05, 3.63) is 73.3 Å². The van der Waals surface area contributed by atoms with Gasteiger partial charge in [-0.05, 0) is 37.1 Å². The largest absolute Gasteiger partial charge is 0.372 e. The molecule has 5 heteroatoms. The van der Waals surface area contributed by atoms with E-state index in [9.17, 15) is 0 Å². The highest BCUT2D eigenvalue weighted by atomic mass is 15.2. The van der Waals surface area contributed by atoms with Crippen molar-refractivity contribution in [2.75, 3.05) is 35.2 Å². The lowest BCUT2D eigenvalue weighted by Gasteiger charge is -2.18. The molecular formula is C23H25N5. The Labute approximate surface area is 166 Å². The van der Waals surface area contributed by atoms with Gasteiger partial charge in [-0.15, -0.1) is 6.58 Å². The summed E-state index contributed by atoms with van der Waals surface area (Å²) >= 11 is 0. The summed E-state index contributed by atoms with van der Waals surface area (Å²) in [6, 6.07) is 20.7. The average molecular weight is 371 g/mol. The van der Waals surface area contributed by atoms with Gasteiger partial charge in [0.1, 0.15) is 5.82 Å². The van der Waals surface area contributed by atoms with Crippen LogP contribution in [0.5, 0.6) is 0 Å². The minimum atomic E-state index is 0.581. The SMILES string of the molecule is C=CCNc1nc(Nc2ccc(N3CCCC3)cc2)cc(-c2ccccc2)n1. The van der Waals surface area contributed by atoms with Gasteiger partial charge in [0.25, 0.3) is 0 Å². The molecule has 0 saturated carbocycles. The molecule has 0 spiro atoms. The Morgan fingerprint density at radius 1 is 0.964 bits per heavy atom. The molecule has 1 aromatic heterocycles. The maximum Gasteiger partial charge on any atom is 0.225 e. The molecular weight excluding hydrogens is 346 g/mol. The van der Waals surface area contributed by atoms with E-state index in [1.54, 1.807) is 6.08 Å². The van der Waals surface area contributed by atoms with E-state index in [1.165, 1.54) is 18.5 Å². The van der Waals surface area contributed by atoms with E-state index in [1.807, 2.05) is 36.4 Å². The topological polar surface area (TPSA) is 53.1 Å². The molecule has 4 rings (SSSR count). The second kappa shape index (κ2) is 8.57. The summed E-state index contributed by atoms with van der Waals surface area (Å²) in [5.41, 5.74) is 4.22. The molecule has 0 radical (unpaired) electrons. The van der Waals surface area contributed by atoms with Crippen LogP contribution in [0.2, 0.25) is 0 Å². The van der Waals surface area contributed by atoms with Gasteiger partial charge in [0.05, 0.1) is 5.69 Å². The minimum absolute atomic E-state index is 0.581. The van der Waals surface area contributed by atoms with Gasteiger partial charge < -0.3 is 15.5 Å². The highest BCUT2D eigenvalue weighted by molar-refractivity contribution is 5.68. The standard InChI is InChI=1S/C23H25N5/c1-2-14-24-23-26-21(18-8-4-3-5-9-18)17-22(27-23)25-19-10-12-20(13-11-19)28-15-6-7-16-28/h2-5,8-13,17H,1,6-7,14-16H2,(H2,24,25,26,27). The predicted octanol–water partition coefficient (Wildman–Crippen LogP) is 5.09. The lowest BCUT2D eigenvalue weighted by molar-refractivity contribution is 0.949. The number of nitrogens with zero attached hydrogens (tertiary/aromatic N) is 3. The van der Waals surface area contributed by atoms with Crippen molar-refractivity contribution in [3.8, 4) is 11.3 Å². The zero-order valence-corrected chi connectivity index (χ0v) is 15.9. The van der Waals surface area contributed by atoms with Gasteiger partial charge in [0.2, 0.25) is 5.95 Å². The van der Waals surface area contributed by atoms with Crippen LogP contribution in [0, 0.1) is 0 Å². The molecule has 1 saturated heterocycles. The highest BCUT2D eigenvalue weighted by Crippen LogP contribution is 2.26. The molecule has 0 unspecified atom stereocenters. The zero-order chi connectivity index (χ0) is 19.2. The van der Waals surface area contributed by atoms with Gasteiger partial charge in [-0.2, -0.15) is 4.98 Å². The van der Waals surface area contributed by atoms with Gasteiger partial charge in [-0.3, -0.25) is 0 Å². The van der Waals surface area contributed by atoms with Gasteiger partial charge in [-0.25, -0.2) is 4.98 Å². The molecule has 0 atom stereocenters. The smallest absolute Gasteiger partial charge is 0.225 e. The first kappa shape index (κ1) is 18.0. The Bertz CT molecular complexity index is 915. The third kappa shape index (κ3) is 4.31. The molecule has 0 amide bonds. The van der Waals surface area contributed by atoms with E-state index in [2.05, 4.69) is 56.3 Å². The first-order valence-corrected chi connectivity index (χ1v) is 9.73. The summed E-state index contributed by atoms with van der Waals surface area (Å²) in [6.45, 7) is 6.66. The Hall–Kier alpha value is -3.34. The second-order valence-corrected chi connectivity index (χ2v) is 6.86. The van der Waals surface area contributed by atoms with Crippen LogP contribution in [0.15, 0.2) is 73.3 Å². The monoisotopic (exact) mass is 371 g/mol. The minimum Gasteiger partial charge on any atom is -0.372 e. The van der Waals surface area contributed by atoms with Crippen LogP contribution in [0.3, 0.4) is 0 Å². The number of hydrogen-bond donors (Lipinski definition) is 2. The van der Waals surface area contributed by atoms with Crippen LogP contribution in [-0.2, 0) is 0 Å². The number of rotatable bonds is 7. The van der Waals surface area contributed by atoms with Crippen LogP contribution in [0.25, 0.3) is 11.3 Å². The van der Waals surface area contributed by atoms with Crippen molar-refractivity contribution in [1.82, 2.24) is 9.97 Å². The van der Waals surface area contributed by atoms with E-state index in [4.69, 9.17) is 0 Å². The van der Waals surface area contributed by atoms with Crippen LogP contribution >= 0.6 is 0 Å². The third-order valence-corrected chi connectivity index (χ3v) is 4.81. The van der Waals surface area contributed by atoms with E-state index in [0.717, 1.165) is 35.9 Å². The third-order valence-electron chi connectivity index (χ3n) is 4.81. The van der Waals surface area contributed by atoms with Crippen molar-refractivity contribution in [1.29, 1.82) is 0 Å². The summed E-state index contributed by atoms with van der Waals surface area (Å²) in [5, 5.41) is 6.60. The number of aromatic nitrogens is 2. The van der Waals surface area contributed by atoms with E-state index >= 15 is 0 Å². The van der Waals surface area contributed by atoms with Crippen LogP contribution in [-0.4, -0.2) is 29.6 Å². The Morgan fingerprint density at radius 2 is 1.71 bits per heavy atom. The second-order valence-electron chi connectivity index (χ2n) is 6.86. The molecule has 3 aromatic rings. The van der Waals surface area contributed by atoms with Crippen LogP contribution < -0.4 is 15.5 Å². The molecule has 0 aliphatic carbocycles. The van der Waals surface area contributed by atoms with Crippen molar-refractivity contribution >= 4 is 23.1 Å². The number of hydrogen-bond acceptors (Lipinski definition) is 5. The summed E-state index contributed by atoms with van der Waals surface area (Å²) in [7, 11) is 0. The first-order valence-electron chi connectivity index (χ1n) is 9.73. The van der Waals surface area contributed by atoms with Crippen LogP contribution in [0.1, 0.15) is 12.8 Å². The van der Waals surface area contributed by atoms with Gasteiger partial charge in [-0.1, -0.05) is 36.4 Å². The summed E-state index contributed by atoms with van der Waals surface area (Å²) < 4.78 is 0. The van der Waals surface area contributed by atoms with E-state index in [-0.39, 0.29) is 0 Å². The lowest BCUT2D eigenvalue weighted by atomic mass is 10.1. The maximum atomic E-state index is 4.63. The Balaban J connectivity index is 1.58. The number of benzene rings is 2. The van der Waals surface area contributed by atoms with Crippen molar-refractivity contribution in [3.63, 3.8) is 0 Å². The van der Waals surface area contributed by atoms with E-state index in [0.29, 0.717) is 12.5 Å². The molecule has 1 fully saturated rings. The van der Waals surface area contributed by atoms with E-state index < -0.39 is 0 Å². The summed E-state index contributed by atoms with van der Waals surface area (Å²) in [4.78, 5) is 11.7.